The number of allylic oxidation sites excluding steroid dienone is 8. The molecule has 0 aliphatic heterocycles. The second-order valence-corrected chi connectivity index (χ2v) is 17.5. The molecule has 0 aromatic rings. The zero-order valence-corrected chi connectivity index (χ0v) is 37.5. The summed E-state index contributed by atoms with van der Waals surface area (Å²) in [6.07, 6.45) is 44.7. The van der Waals surface area contributed by atoms with E-state index in [-0.39, 0.29) is 32.0 Å². The normalized spacial score (nSPS) is 14.0. The van der Waals surface area contributed by atoms with Gasteiger partial charge in [0.1, 0.15) is 19.8 Å². The van der Waals surface area contributed by atoms with Crippen molar-refractivity contribution in [3.05, 3.63) is 48.6 Å². The maximum absolute atomic E-state index is 12.6. The van der Waals surface area contributed by atoms with Crippen LogP contribution in [-0.4, -0.2) is 74.9 Å². The Kier molecular flexibility index (Phi) is 37.1. The fourth-order valence-electron chi connectivity index (χ4n) is 5.91. The van der Waals surface area contributed by atoms with E-state index in [0.717, 1.165) is 44.9 Å². The number of nitrogens with zero attached hydrogens (tertiary/aromatic N) is 1. The lowest BCUT2D eigenvalue weighted by molar-refractivity contribution is -0.870. The molecule has 2 atom stereocenters. The van der Waals surface area contributed by atoms with Crippen molar-refractivity contribution in [3.63, 3.8) is 0 Å². The van der Waals surface area contributed by atoms with Crippen LogP contribution < -0.4 is 0 Å². The van der Waals surface area contributed by atoms with E-state index in [1.54, 1.807) is 0 Å². The average molecular weight is 811 g/mol. The Morgan fingerprint density at radius 1 is 0.571 bits per heavy atom. The van der Waals surface area contributed by atoms with Gasteiger partial charge in [-0.2, -0.15) is 0 Å². The van der Waals surface area contributed by atoms with Crippen molar-refractivity contribution in [2.45, 2.75) is 187 Å². The number of hydrogen-bond acceptors (Lipinski definition) is 7. The molecule has 0 saturated carbocycles. The van der Waals surface area contributed by atoms with Crippen LogP contribution in [0.15, 0.2) is 48.6 Å². The van der Waals surface area contributed by atoms with E-state index in [1.165, 1.54) is 103 Å². The summed E-state index contributed by atoms with van der Waals surface area (Å²) in [6.45, 7) is 4.23. The second kappa shape index (κ2) is 38.5. The summed E-state index contributed by atoms with van der Waals surface area (Å²) in [5.74, 6) is -0.890. The third-order valence-corrected chi connectivity index (χ3v) is 10.4. The molecule has 0 amide bonds. The predicted molar refractivity (Wildman–Crippen MR) is 233 cm³/mol. The Hall–Kier alpha value is -2.03. The Bertz CT molecular complexity index is 1100. The number of quaternary nitrogens is 1. The molecule has 0 bridgehead atoms. The van der Waals surface area contributed by atoms with E-state index in [2.05, 4.69) is 50.3 Å². The number of esters is 2. The lowest BCUT2D eigenvalue weighted by atomic mass is 10.0. The highest BCUT2D eigenvalue weighted by atomic mass is 31.2. The van der Waals surface area contributed by atoms with Crippen molar-refractivity contribution in [3.8, 4) is 0 Å². The van der Waals surface area contributed by atoms with Crippen molar-refractivity contribution in [1.29, 1.82) is 0 Å². The summed E-state index contributed by atoms with van der Waals surface area (Å²) in [7, 11) is 1.43. The summed E-state index contributed by atoms with van der Waals surface area (Å²) in [5.41, 5.74) is 0. The number of ether oxygens (including phenoxy) is 2. The van der Waals surface area contributed by atoms with Gasteiger partial charge < -0.3 is 18.9 Å². The highest BCUT2D eigenvalue weighted by Crippen LogP contribution is 2.43. The quantitative estimate of drug-likeness (QED) is 0.0214. The van der Waals surface area contributed by atoms with E-state index in [4.69, 9.17) is 18.5 Å². The summed E-state index contributed by atoms with van der Waals surface area (Å²) in [5, 5.41) is 0. The Labute approximate surface area is 343 Å². The molecule has 56 heavy (non-hydrogen) atoms. The van der Waals surface area contributed by atoms with E-state index in [1.807, 2.05) is 33.3 Å². The van der Waals surface area contributed by atoms with Gasteiger partial charge in [0.05, 0.1) is 27.7 Å². The molecule has 0 fully saturated rings. The van der Waals surface area contributed by atoms with Crippen LogP contribution in [0.5, 0.6) is 0 Å². The second-order valence-electron chi connectivity index (χ2n) is 16.1. The molecule has 2 unspecified atom stereocenters. The Balaban J connectivity index is 4.35. The minimum Gasteiger partial charge on any atom is -0.462 e. The first-order valence-corrected chi connectivity index (χ1v) is 23.9. The monoisotopic (exact) mass is 811 g/mol. The standard InChI is InChI=1S/C46H84NO8P/c1-6-8-10-12-14-16-18-20-21-22-23-24-25-27-28-30-32-34-36-38-45(48)52-42-44(43-54-56(50,51)53-41-40-47(3,4)5)55-46(49)39-37-35-33-31-29-26-19-17-15-13-11-9-7-2/h9,11,15,17,26,29,33,35,44H,6-8,10,12-14,16,18-25,27-28,30-32,34,36-43H2,1-5H3/p+1/b11-9-,17-15-,29-26-,35-33-. The third kappa shape index (κ3) is 41.6. The third-order valence-electron chi connectivity index (χ3n) is 9.39. The first-order valence-electron chi connectivity index (χ1n) is 22.4. The summed E-state index contributed by atoms with van der Waals surface area (Å²) < 4.78 is 34.2. The Morgan fingerprint density at radius 3 is 1.48 bits per heavy atom. The number of phosphoric ester groups is 1. The van der Waals surface area contributed by atoms with Gasteiger partial charge in [0.15, 0.2) is 6.10 Å². The molecule has 0 heterocycles. The molecular weight excluding hydrogens is 725 g/mol. The van der Waals surface area contributed by atoms with E-state index >= 15 is 0 Å². The van der Waals surface area contributed by atoms with Crippen LogP contribution >= 0.6 is 7.82 Å². The van der Waals surface area contributed by atoms with Crippen molar-refractivity contribution >= 4 is 19.8 Å². The van der Waals surface area contributed by atoms with Crippen molar-refractivity contribution < 1.29 is 42.1 Å². The minimum absolute atomic E-state index is 0.0189. The summed E-state index contributed by atoms with van der Waals surface area (Å²) in [4.78, 5) is 35.3. The zero-order chi connectivity index (χ0) is 41.4. The summed E-state index contributed by atoms with van der Waals surface area (Å²) in [6, 6.07) is 0. The first kappa shape index (κ1) is 54.0. The number of hydrogen-bond donors (Lipinski definition) is 1. The number of likely N-dealkylation sites (N-methyl/N-ethyl adjacent to an activating group) is 1. The number of rotatable bonds is 40. The molecule has 1 N–H and O–H groups in total. The van der Waals surface area contributed by atoms with Crippen LogP contribution in [0.4, 0.5) is 0 Å². The number of carbonyl (C=O) groups is 2. The molecule has 0 aliphatic carbocycles. The van der Waals surface area contributed by atoms with Crippen LogP contribution in [0, 0.1) is 0 Å². The lowest BCUT2D eigenvalue weighted by Crippen LogP contribution is -2.37. The SMILES string of the molecule is CC/C=C\C/C=C\C/C=C\C/C=C\CCC(=O)OC(COC(=O)CCCCCCCCCCCCCCCCCCCCC)COP(=O)(O)OCC[N+](C)(C)C. The van der Waals surface area contributed by atoms with Crippen molar-refractivity contribution in [1.82, 2.24) is 0 Å². The van der Waals surface area contributed by atoms with Gasteiger partial charge in [-0.3, -0.25) is 18.6 Å². The number of carbonyl (C=O) groups excluding carboxylic acids is 2. The molecule has 0 radical (unpaired) electrons. The molecule has 0 saturated heterocycles. The molecule has 0 aromatic heterocycles. The topological polar surface area (TPSA) is 108 Å². The highest BCUT2D eigenvalue weighted by Gasteiger charge is 2.27. The van der Waals surface area contributed by atoms with Crippen molar-refractivity contribution in [2.24, 2.45) is 0 Å². The van der Waals surface area contributed by atoms with Crippen molar-refractivity contribution in [2.75, 3.05) is 47.5 Å². The zero-order valence-electron chi connectivity index (χ0n) is 36.6. The molecule has 10 heteroatoms. The van der Waals surface area contributed by atoms with Gasteiger partial charge in [-0.25, -0.2) is 4.57 Å². The van der Waals surface area contributed by atoms with Crippen LogP contribution in [0.1, 0.15) is 181 Å². The van der Waals surface area contributed by atoms with Gasteiger partial charge >= 0.3 is 19.8 Å². The predicted octanol–water partition coefficient (Wildman–Crippen LogP) is 12.7. The molecule has 0 aliphatic rings. The first-order chi connectivity index (χ1) is 27.0. The molecule has 0 rings (SSSR count). The van der Waals surface area contributed by atoms with Crippen LogP contribution in [0.2, 0.25) is 0 Å². The maximum Gasteiger partial charge on any atom is 0.472 e. The molecule has 0 spiro atoms. The van der Waals surface area contributed by atoms with Gasteiger partial charge in [-0.15, -0.1) is 0 Å². The number of phosphoric acid groups is 1. The van der Waals surface area contributed by atoms with Crippen LogP contribution in [-0.2, 0) is 32.7 Å². The fraction of sp³-hybridized carbons (Fsp3) is 0.783. The molecular formula is C46H85NO8P+. The number of unbranched alkanes of at least 4 members (excludes halogenated alkanes) is 18. The smallest absolute Gasteiger partial charge is 0.462 e. The molecule has 9 nitrogen and oxygen atoms in total. The van der Waals surface area contributed by atoms with Crippen LogP contribution in [0.25, 0.3) is 0 Å². The molecule has 0 aromatic carbocycles. The largest absolute Gasteiger partial charge is 0.472 e. The van der Waals surface area contributed by atoms with Gasteiger partial charge in [0.2, 0.25) is 0 Å². The van der Waals surface area contributed by atoms with Gasteiger partial charge in [-0.1, -0.05) is 178 Å². The van der Waals surface area contributed by atoms with Gasteiger partial charge in [0, 0.05) is 12.8 Å². The fourth-order valence-corrected chi connectivity index (χ4v) is 6.65. The lowest BCUT2D eigenvalue weighted by Gasteiger charge is -2.24. The van der Waals surface area contributed by atoms with Crippen LogP contribution in [0.3, 0.4) is 0 Å². The van der Waals surface area contributed by atoms with E-state index in [9.17, 15) is 19.0 Å². The average Bonchev–Trinajstić information content (AvgIpc) is 3.15. The highest BCUT2D eigenvalue weighted by molar-refractivity contribution is 7.47. The summed E-state index contributed by atoms with van der Waals surface area (Å²) >= 11 is 0. The van der Waals surface area contributed by atoms with E-state index in [0.29, 0.717) is 17.4 Å². The Morgan fingerprint density at radius 2 is 1.02 bits per heavy atom. The molecule has 326 valence electrons. The van der Waals surface area contributed by atoms with Gasteiger partial charge in [-0.05, 0) is 38.5 Å². The minimum atomic E-state index is -4.39. The maximum atomic E-state index is 12.6. The van der Waals surface area contributed by atoms with Gasteiger partial charge in [0.25, 0.3) is 0 Å². The van der Waals surface area contributed by atoms with E-state index < -0.39 is 26.5 Å².